The number of benzene rings is 1. The Morgan fingerprint density at radius 2 is 2.00 bits per heavy atom. The molecule has 0 fully saturated rings. The molecule has 150 valence electrons. The van der Waals surface area contributed by atoms with Gasteiger partial charge in [0.05, 0.1) is 11.9 Å². The molecule has 0 radical (unpaired) electrons. The van der Waals surface area contributed by atoms with Crippen LogP contribution in [0.1, 0.15) is 36.2 Å². The number of hydrogen-bond acceptors (Lipinski definition) is 7. The third-order valence-corrected chi connectivity index (χ3v) is 5.32. The topological polar surface area (TPSA) is 107 Å². The number of halogens is 1. The molecule has 0 bridgehead atoms. The van der Waals surface area contributed by atoms with Crippen LogP contribution in [0.3, 0.4) is 0 Å². The van der Waals surface area contributed by atoms with Crippen molar-refractivity contribution in [2.75, 3.05) is 18.9 Å². The molecule has 0 aliphatic carbocycles. The molecule has 1 amide bonds. The fourth-order valence-corrected chi connectivity index (χ4v) is 3.35. The Bertz CT molecular complexity index is 817. The van der Waals surface area contributed by atoms with Crippen LogP contribution in [0.25, 0.3) is 0 Å². The lowest BCUT2D eigenvalue weighted by atomic mass is 10.1. The first-order valence-corrected chi connectivity index (χ1v) is 10.2. The number of nitrogens with one attached hydrogen (secondary N) is 1. The highest BCUT2D eigenvalue weighted by molar-refractivity contribution is 8.00. The number of amides is 1. The van der Waals surface area contributed by atoms with Crippen molar-refractivity contribution in [3.63, 3.8) is 0 Å². The lowest BCUT2D eigenvalue weighted by Crippen LogP contribution is -2.33. The molecule has 0 aliphatic heterocycles. The van der Waals surface area contributed by atoms with Gasteiger partial charge in [-0.15, -0.1) is 0 Å². The molecular formula is C19H23ClN4O3S. The van der Waals surface area contributed by atoms with Crippen molar-refractivity contribution >= 4 is 41.1 Å². The van der Waals surface area contributed by atoms with Gasteiger partial charge < -0.3 is 15.8 Å². The molecular weight excluding hydrogens is 400 g/mol. The van der Waals surface area contributed by atoms with Crippen molar-refractivity contribution in [2.24, 2.45) is 0 Å². The van der Waals surface area contributed by atoms with E-state index in [0.717, 1.165) is 5.56 Å². The van der Waals surface area contributed by atoms with Gasteiger partial charge in [0.25, 0.3) is 0 Å². The molecule has 2 rings (SSSR count). The fourth-order valence-electron chi connectivity index (χ4n) is 2.35. The number of ether oxygens (including phenoxy) is 1. The van der Waals surface area contributed by atoms with Crippen LogP contribution in [0.15, 0.2) is 35.6 Å². The van der Waals surface area contributed by atoms with Gasteiger partial charge in [-0.25, -0.2) is 14.8 Å². The van der Waals surface area contributed by atoms with Crippen LogP contribution < -0.4 is 11.1 Å². The highest BCUT2D eigenvalue weighted by atomic mass is 35.5. The zero-order valence-corrected chi connectivity index (χ0v) is 17.3. The second kappa shape index (κ2) is 10.9. The van der Waals surface area contributed by atoms with Gasteiger partial charge in [-0.3, -0.25) is 4.79 Å². The number of thioether (sulfide) groups is 1. The predicted octanol–water partition coefficient (Wildman–Crippen LogP) is 3.12. The SMILES string of the molecule is CCOC(=O)c1cnc(S[C@@H](CC)C(=O)NCCc2ccc(Cl)cc2)nc1N. The standard InChI is InChI=1S/C19H23ClN4O3S/c1-3-15(17(25)22-10-9-12-5-7-13(20)8-6-12)28-19-23-11-14(16(21)24-19)18(26)27-4-2/h5-8,11,15H,3-4,9-10H2,1-2H3,(H,22,25)(H2,21,23,24)/t15-/m0/s1. The first-order valence-electron chi connectivity index (χ1n) is 8.93. The summed E-state index contributed by atoms with van der Waals surface area (Å²) in [5.74, 6) is -0.629. The predicted molar refractivity (Wildman–Crippen MR) is 111 cm³/mol. The Kier molecular flexibility index (Phi) is 8.53. The summed E-state index contributed by atoms with van der Waals surface area (Å²) >= 11 is 7.08. The Hall–Kier alpha value is -2.32. The maximum absolute atomic E-state index is 12.5. The van der Waals surface area contributed by atoms with Gasteiger partial charge in [-0.1, -0.05) is 42.4 Å². The van der Waals surface area contributed by atoms with E-state index in [1.807, 2.05) is 31.2 Å². The summed E-state index contributed by atoms with van der Waals surface area (Å²) in [6, 6.07) is 7.51. The number of anilines is 1. The third kappa shape index (κ3) is 6.38. The monoisotopic (exact) mass is 422 g/mol. The number of nitrogens with two attached hydrogens (primary N) is 1. The molecule has 1 aromatic heterocycles. The highest BCUT2D eigenvalue weighted by Gasteiger charge is 2.21. The molecule has 2 aromatic rings. The van der Waals surface area contributed by atoms with E-state index >= 15 is 0 Å². The van der Waals surface area contributed by atoms with Crippen molar-refractivity contribution in [3.05, 3.63) is 46.6 Å². The number of carbonyl (C=O) groups excluding carboxylic acids is 2. The Labute approximate surface area is 173 Å². The van der Waals surface area contributed by atoms with Crippen molar-refractivity contribution in [2.45, 2.75) is 37.1 Å². The van der Waals surface area contributed by atoms with E-state index in [1.54, 1.807) is 6.92 Å². The molecule has 1 atom stereocenters. The zero-order chi connectivity index (χ0) is 20.5. The van der Waals surface area contributed by atoms with Crippen LogP contribution in [-0.4, -0.2) is 40.2 Å². The van der Waals surface area contributed by atoms with Crippen molar-refractivity contribution in [1.29, 1.82) is 0 Å². The molecule has 1 heterocycles. The molecule has 28 heavy (non-hydrogen) atoms. The number of nitrogen functional groups attached to an aromatic ring is 1. The van der Waals surface area contributed by atoms with Crippen LogP contribution >= 0.6 is 23.4 Å². The molecule has 3 N–H and O–H groups in total. The minimum atomic E-state index is -0.566. The van der Waals surface area contributed by atoms with Crippen molar-refractivity contribution < 1.29 is 14.3 Å². The second-order valence-electron chi connectivity index (χ2n) is 5.85. The lowest BCUT2D eigenvalue weighted by Gasteiger charge is -2.14. The summed E-state index contributed by atoms with van der Waals surface area (Å²) in [5.41, 5.74) is 7.04. The van der Waals surface area contributed by atoms with E-state index < -0.39 is 5.97 Å². The largest absolute Gasteiger partial charge is 0.462 e. The van der Waals surface area contributed by atoms with Gasteiger partial charge in [0.2, 0.25) is 5.91 Å². The zero-order valence-electron chi connectivity index (χ0n) is 15.8. The summed E-state index contributed by atoms with van der Waals surface area (Å²) < 4.78 is 4.90. The van der Waals surface area contributed by atoms with Crippen LogP contribution in [0, 0.1) is 0 Å². The quantitative estimate of drug-likeness (QED) is 0.363. The van der Waals surface area contributed by atoms with Gasteiger partial charge in [-0.2, -0.15) is 0 Å². The molecule has 9 heteroatoms. The summed E-state index contributed by atoms with van der Waals surface area (Å²) in [6.45, 7) is 4.37. The van der Waals surface area contributed by atoms with Gasteiger partial charge >= 0.3 is 5.97 Å². The summed E-state index contributed by atoms with van der Waals surface area (Å²) in [5, 5.41) is 3.58. The maximum Gasteiger partial charge on any atom is 0.343 e. The molecule has 0 aliphatic rings. The fraction of sp³-hybridized carbons (Fsp3) is 0.368. The van der Waals surface area contributed by atoms with Crippen molar-refractivity contribution in [1.82, 2.24) is 15.3 Å². The Balaban J connectivity index is 1.91. The van der Waals surface area contributed by atoms with E-state index in [1.165, 1.54) is 18.0 Å². The average molecular weight is 423 g/mol. The third-order valence-electron chi connectivity index (χ3n) is 3.83. The molecule has 0 spiro atoms. The number of hydrogen-bond donors (Lipinski definition) is 2. The maximum atomic E-state index is 12.5. The summed E-state index contributed by atoms with van der Waals surface area (Å²) in [4.78, 5) is 32.5. The van der Waals surface area contributed by atoms with Gasteiger partial charge in [0, 0.05) is 17.8 Å². The van der Waals surface area contributed by atoms with Crippen LogP contribution in [0.5, 0.6) is 0 Å². The van der Waals surface area contributed by atoms with Crippen LogP contribution in [0.4, 0.5) is 5.82 Å². The number of nitrogens with zero attached hydrogens (tertiary/aromatic N) is 2. The molecule has 0 unspecified atom stereocenters. The Morgan fingerprint density at radius 3 is 2.61 bits per heavy atom. The lowest BCUT2D eigenvalue weighted by molar-refractivity contribution is -0.120. The van der Waals surface area contributed by atoms with E-state index in [2.05, 4.69) is 15.3 Å². The number of rotatable bonds is 9. The van der Waals surface area contributed by atoms with Gasteiger partial charge in [-0.05, 0) is 37.5 Å². The average Bonchev–Trinajstić information content (AvgIpc) is 2.67. The summed E-state index contributed by atoms with van der Waals surface area (Å²) in [7, 11) is 0. The van der Waals surface area contributed by atoms with E-state index in [-0.39, 0.29) is 29.1 Å². The molecule has 1 aromatic carbocycles. The van der Waals surface area contributed by atoms with Crippen molar-refractivity contribution in [3.8, 4) is 0 Å². The first-order chi connectivity index (χ1) is 13.4. The molecule has 0 saturated heterocycles. The first kappa shape index (κ1) is 22.0. The normalized spacial score (nSPS) is 11.7. The van der Waals surface area contributed by atoms with Gasteiger partial charge in [0.1, 0.15) is 11.4 Å². The number of esters is 1. The smallest absolute Gasteiger partial charge is 0.343 e. The number of carbonyl (C=O) groups is 2. The minimum absolute atomic E-state index is 0.0361. The van der Waals surface area contributed by atoms with E-state index in [0.29, 0.717) is 29.6 Å². The van der Waals surface area contributed by atoms with Crippen LogP contribution in [-0.2, 0) is 16.0 Å². The number of aromatic nitrogens is 2. The highest BCUT2D eigenvalue weighted by Crippen LogP contribution is 2.24. The van der Waals surface area contributed by atoms with E-state index in [4.69, 9.17) is 22.1 Å². The molecule has 7 nitrogen and oxygen atoms in total. The second-order valence-corrected chi connectivity index (χ2v) is 7.46. The Morgan fingerprint density at radius 1 is 1.29 bits per heavy atom. The molecule has 0 saturated carbocycles. The summed E-state index contributed by atoms with van der Waals surface area (Å²) in [6.07, 6.45) is 2.63. The minimum Gasteiger partial charge on any atom is -0.462 e. The van der Waals surface area contributed by atoms with Gasteiger partial charge in [0.15, 0.2) is 5.16 Å². The van der Waals surface area contributed by atoms with Crippen LogP contribution in [0.2, 0.25) is 5.02 Å². The van der Waals surface area contributed by atoms with E-state index in [9.17, 15) is 9.59 Å².